The first-order chi connectivity index (χ1) is 27.5. The van der Waals surface area contributed by atoms with Gasteiger partial charge < -0.3 is 40.5 Å². The molecule has 3 aliphatic rings. The normalized spacial score (nSPS) is 20.8. The van der Waals surface area contributed by atoms with Gasteiger partial charge in [-0.1, -0.05) is 11.6 Å². The molecule has 20 heteroatoms. The number of amides is 5. The van der Waals surface area contributed by atoms with Crippen LogP contribution < -0.4 is 31.1 Å². The van der Waals surface area contributed by atoms with Crippen molar-refractivity contribution in [1.82, 2.24) is 30.6 Å². The summed E-state index contributed by atoms with van der Waals surface area (Å²) >= 11 is 6.28. The van der Waals surface area contributed by atoms with Gasteiger partial charge >= 0.3 is 18.2 Å². The highest BCUT2D eigenvalue weighted by atomic mass is 35.5. The van der Waals surface area contributed by atoms with E-state index in [9.17, 15) is 27.6 Å². The maximum Gasteiger partial charge on any atom is 0.407 e. The molecule has 5 rings (SSSR count). The highest BCUT2D eigenvalue weighted by molar-refractivity contribution is 7.89. The lowest BCUT2D eigenvalue weighted by Gasteiger charge is -2.36. The second kappa shape index (κ2) is 18.4. The van der Waals surface area contributed by atoms with E-state index >= 15 is 8.78 Å². The molecule has 3 fully saturated rings. The zero-order valence-electron chi connectivity index (χ0n) is 34.3. The Morgan fingerprint density at radius 2 is 1.42 bits per heavy atom. The van der Waals surface area contributed by atoms with Crippen LogP contribution in [-0.2, 0) is 30.2 Å². The quantitative estimate of drug-likeness (QED) is 0.169. The molecule has 2 aliphatic heterocycles. The van der Waals surface area contributed by atoms with Gasteiger partial charge in [0.1, 0.15) is 22.2 Å². The molecule has 5 amide bonds. The van der Waals surface area contributed by atoms with Crippen molar-refractivity contribution in [2.45, 2.75) is 108 Å². The van der Waals surface area contributed by atoms with Crippen molar-refractivity contribution in [3.05, 3.63) is 47.1 Å². The Labute approximate surface area is 349 Å². The summed E-state index contributed by atoms with van der Waals surface area (Å²) in [6.07, 6.45) is -0.138. The standard InChI is InChI=1S/C39H55ClF2N8O8S/c1-37(2,3)57-35(53)44-16-15-43-34(52)45-27-9-7-25(8-10-27)39(41,42)26-21-31(40)47-32(22-26)48-17-19-49(20-18-48)59(55,56)30-13-11-29(12-14-30)50-24-28(23-33(50)51)46-36(54)58-38(4,5)6/h11-14,21-22,25,27-28H,7-10,15-20,23-24H2,1-6H3,(H,44,53)(H,46,54)(H2,43,45,52)/t25-,27+,28-/m1/s1. The van der Waals surface area contributed by atoms with Crippen LogP contribution in [0.5, 0.6) is 0 Å². The fourth-order valence-corrected chi connectivity index (χ4v) is 8.82. The minimum absolute atomic E-state index is 0.0331. The minimum Gasteiger partial charge on any atom is -0.444 e. The van der Waals surface area contributed by atoms with Crippen molar-refractivity contribution in [3.8, 4) is 0 Å². The number of carbonyl (C=O) groups excluding carboxylic acids is 4. The molecular weight excluding hydrogens is 814 g/mol. The van der Waals surface area contributed by atoms with E-state index < -0.39 is 57.3 Å². The Bertz CT molecular complexity index is 1950. The number of alkyl halides is 2. The van der Waals surface area contributed by atoms with E-state index in [1.165, 1.54) is 27.4 Å². The van der Waals surface area contributed by atoms with Crippen molar-refractivity contribution in [1.29, 1.82) is 0 Å². The van der Waals surface area contributed by atoms with Crippen LogP contribution in [0.2, 0.25) is 5.15 Å². The van der Waals surface area contributed by atoms with E-state index in [4.69, 9.17) is 21.1 Å². The first kappa shape index (κ1) is 45.6. The van der Waals surface area contributed by atoms with Crippen LogP contribution >= 0.6 is 11.6 Å². The van der Waals surface area contributed by atoms with Gasteiger partial charge in [0, 0.05) is 75.4 Å². The van der Waals surface area contributed by atoms with E-state index in [0.29, 0.717) is 18.5 Å². The van der Waals surface area contributed by atoms with Crippen LogP contribution in [0.4, 0.5) is 34.7 Å². The number of ether oxygens (including phenoxy) is 2. The zero-order chi connectivity index (χ0) is 43.3. The van der Waals surface area contributed by atoms with E-state index in [-0.39, 0.29) is 98.5 Å². The maximum atomic E-state index is 16.0. The number of anilines is 2. The summed E-state index contributed by atoms with van der Waals surface area (Å²) in [5.74, 6) is -4.25. The SMILES string of the molecule is CC(C)(C)OC(=O)NCCNC(=O)N[C@H]1CC[C@@H](C(F)(F)c2cc(Cl)nc(N3CCN(S(=O)(=O)c4ccc(N5C[C@H](NC(=O)OC(C)(C)C)CC5=O)cc4)CC3)c2)CC1. The number of carbonyl (C=O) groups is 4. The number of pyridine rings is 1. The number of hydrogen-bond acceptors (Lipinski definition) is 10. The first-order valence-electron chi connectivity index (χ1n) is 19.7. The van der Waals surface area contributed by atoms with Crippen LogP contribution in [0.3, 0.4) is 0 Å². The van der Waals surface area contributed by atoms with Crippen molar-refractivity contribution in [2.75, 3.05) is 55.6 Å². The van der Waals surface area contributed by atoms with Gasteiger partial charge in [0.05, 0.1) is 10.9 Å². The molecule has 1 saturated carbocycles. The molecule has 1 aromatic carbocycles. The van der Waals surface area contributed by atoms with E-state index in [1.54, 1.807) is 58.6 Å². The number of piperazine rings is 1. The Hall–Kier alpha value is -4.49. The molecule has 16 nitrogen and oxygen atoms in total. The number of alkyl carbamates (subject to hydrolysis) is 2. The number of urea groups is 1. The molecule has 1 aliphatic carbocycles. The van der Waals surface area contributed by atoms with Crippen molar-refractivity contribution < 1.29 is 45.9 Å². The molecule has 59 heavy (non-hydrogen) atoms. The Morgan fingerprint density at radius 3 is 2.03 bits per heavy atom. The summed E-state index contributed by atoms with van der Waals surface area (Å²) in [5.41, 5.74) is -1.12. The summed E-state index contributed by atoms with van der Waals surface area (Å²) in [5, 5.41) is 10.6. The second-order valence-electron chi connectivity index (χ2n) is 17.0. The maximum absolute atomic E-state index is 16.0. The highest BCUT2D eigenvalue weighted by Gasteiger charge is 2.44. The predicted octanol–water partition coefficient (Wildman–Crippen LogP) is 5.35. The predicted molar refractivity (Wildman–Crippen MR) is 217 cm³/mol. The number of rotatable bonds is 11. The van der Waals surface area contributed by atoms with Gasteiger partial charge in [-0.15, -0.1) is 0 Å². The lowest BCUT2D eigenvalue weighted by atomic mass is 9.80. The Balaban J connectivity index is 1.10. The molecule has 1 atom stereocenters. The lowest BCUT2D eigenvalue weighted by molar-refractivity contribution is -0.117. The molecule has 0 spiro atoms. The fourth-order valence-electron chi connectivity index (χ4n) is 7.20. The van der Waals surface area contributed by atoms with Crippen LogP contribution in [0.1, 0.15) is 79.2 Å². The number of nitrogens with one attached hydrogen (secondary N) is 4. The summed E-state index contributed by atoms with van der Waals surface area (Å²) in [4.78, 5) is 56.6. The fraction of sp³-hybridized carbons (Fsp3) is 0.615. The highest BCUT2D eigenvalue weighted by Crippen LogP contribution is 2.45. The molecule has 4 N–H and O–H groups in total. The van der Waals surface area contributed by atoms with Gasteiger partial charge in [0.2, 0.25) is 15.9 Å². The minimum atomic E-state index is -3.93. The number of hydrogen-bond donors (Lipinski definition) is 4. The average molecular weight is 869 g/mol. The second-order valence-corrected chi connectivity index (χ2v) is 19.3. The third kappa shape index (κ3) is 12.5. The topological polar surface area (TPSA) is 192 Å². The van der Waals surface area contributed by atoms with Crippen LogP contribution in [0.25, 0.3) is 0 Å². The molecule has 0 unspecified atom stereocenters. The summed E-state index contributed by atoms with van der Waals surface area (Å²) < 4.78 is 71.0. The van der Waals surface area contributed by atoms with Crippen molar-refractivity contribution in [2.24, 2.45) is 5.92 Å². The third-order valence-corrected chi connectivity index (χ3v) is 12.1. The molecule has 326 valence electrons. The van der Waals surface area contributed by atoms with Gasteiger partial charge in [-0.25, -0.2) is 36.6 Å². The Morgan fingerprint density at radius 1 is 0.831 bits per heavy atom. The molecule has 2 saturated heterocycles. The van der Waals surface area contributed by atoms with E-state index in [2.05, 4.69) is 26.3 Å². The number of aromatic nitrogens is 1. The van der Waals surface area contributed by atoms with Gasteiger partial charge in [-0.3, -0.25) is 4.79 Å². The molecule has 2 aromatic rings. The number of halogens is 3. The smallest absolute Gasteiger partial charge is 0.407 e. The van der Waals surface area contributed by atoms with Gasteiger partial charge in [0.15, 0.2) is 0 Å². The monoisotopic (exact) mass is 868 g/mol. The van der Waals surface area contributed by atoms with E-state index in [0.717, 1.165) is 6.07 Å². The number of sulfonamides is 1. The summed E-state index contributed by atoms with van der Waals surface area (Å²) in [7, 11) is -3.93. The average Bonchev–Trinajstić information content (AvgIpc) is 3.51. The van der Waals surface area contributed by atoms with E-state index in [1.807, 2.05) is 0 Å². The molecule has 0 radical (unpaired) electrons. The molecule has 3 heterocycles. The van der Waals surface area contributed by atoms with Crippen LogP contribution in [-0.4, -0.2) is 111 Å². The van der Waals surface area contributed by atoms with Crippen molar-refractivity contribution in [3.63, 3.8) is 0 Å². The summed E-state index contributed by atoms with van der Waals surface area (Å²) in [6.45, 7) is 11.5. The number of nitrogens with zero attached hydrogens (tertiary/aromatic N) is 4. The zero-order valence-corrected chi connectivity index (χ0v) is 35.9. The molecule has 0 bridgehead atoms. The van der Waals surface area contributed by atoms with Gasteiger partial charge in [-0.05, 0) is 104 Å². The van der Waals surface area contributed by atoms with Crippen LogP contribution in [0.15, 0.2) is 41.3 Å². The third-order valence-electron chi connectivity index (χ3n) is 10.0. The number of benzene rings is 1. The van der Waals surface area contributed by atoms with Gasteiger partial charge in [-0.2, -0.15) is 4.31 Å². The van der Waals surface area contributed by atoms with Gasteiger partial charge in [0.25, 0.3) is 5.92 Å². The summed E-state index contributed by atoms with van der Waals surface area (Å²) in [6, 6.07) is 7.21. The largest absolute Gasteiger partial charge is 0.444 e. The molecule has 1 aromatic heterocycles. The van der Waals surface area contributed by atoms with Crippen molar-refractivity contribution >= 4 is 57.3 Å². The van der Waals surface area contributed by atoms with Crippen LogP contribution in [0, 0.1) is 5.92 Å². The lowest BCUT2D eigenvalue weighted by Crippen LogP contribution is -2.49. The molecular formula is C39H55ClF2N8O8S. The Kier molecular flexibility index (Phi) is 14.2. The first-order valence-corrected chi connectivity index (χ1v) is 21.5.